The second-order valence-electron chi connectivity index (χ2n) is 7.40. The number of hydrogen-bond acceptors (Lipinski definition) is 4. The quantitative estimate of drug-likeness (QED) is 0.831. The number of pyridine rings is 2. The normalized spacial score (nSPS) is 23.7. The van der Waals surface area contributed by atoms with Crippen LogP contribution in [0.15, 0.2) is 48.9 Å². The van der Waals surface area contributed by atoms with Gasteiger partial charge in [0.2, 0.25) is 5.91 Å². The highest BCUT2D eigenvalue weighted by Crippen LogP contribution is 2.32. The predicted molar refractivity (Wildman–Crippen MR) is 100 cm³/mol. The molecule has 1 amide bonds. The van der Waals surface area contributed by atoms with Gasteiger partial charge in [-0.25, -0.2) is 0 Å². The number of aromatic nitrogens is 2. The Morgan fingerprint density at radius 2 is 1.96 bits per heavy atom. The summed E-state index contributed by atoms with van der Waals surface area (Å²) in [6, 6.07) is 10.6. The van der Waals surface area contributed by atoms with Gasteiger partial charge in [0.05, 0.1) is 0 Å². The number of rotatable bonds is 5. The van der Waals surface area contributed by atoms with Crippen molar-refractivity contribution in [1.29, 1.82) is 0 Å². The second-order valence-corrected chi connectivity index (χ2v) is 7.40. The maximum absolute atomic E-state index is 12.5. The second kappa shape index (κ2) is 7.96. The summed E-state index contributed by atoms with van der Waals surface area (Å²) in [5.74, 6) is 0.914. The van der Waals surface area contributed by atoms with Crippen LogP contribution in [0.5, 0.6) is 0 Å². The van der Waals surface area contributed by atoms with E-state index in [-0.39, 0.29) is 0 Å². The van der Waals surface area contributed by atoms with E-state index in [2.05, 4.69) is 31.9 Å². The summed E-state index contributed by atoms with van der Waals surface area (Å²) in [5.41, 5.74) is 2.38. The van der Waals surface area contributed by atoms with Crippen LogP contribution in [0, 0.1) is 5.92 Å². The van der Waals surface area contributed by atoms with E-state index in [0.29, 0.717) is 24.3 Å². The Balaban J connectivity index is 1.37. The molecule has 0 unspecified atom stereocenters. The van der Waals surface area contributed by atoms with Crippen LogP contribution >= 0.6 is 0 Å². The molecular weight excluding hydrogens is 324 g/mol. The topological polar surface area (TPSA) is 49.3 Å². The predicted octanol–water partition coefficient (Wildman–Crippen LogP) is 2.53. The summed E-state index contributed by atoms with van der Waals surface area (Å²) in [6.45, 7) is 3.91. The molecule has 5 heteroatoms. The van der Waals surface area contributed by atoms with Gasteiger partial charge >= 0.3 is 0 Å². The van der Waals surface area contributed by atoms with Crippen molar-refractivity contribution in [2.45, 2.75) is 38.3 Å². The molecule has 0 N–H and O–H groups in total. The third-order valence-electron chi connectivity index (χ3n) is 5.72. The van der Waals surface area contributed by atoms with E-state index < -0.39 is 0 Å². The highest BCUT2D eigenvalue weighted by Gasteiger charge is 2.38. The highest BCUT2D eigenvalue weighted by atomic mass is 16.2. The summed E-state index contributed by atoms with van der Waals surface area (Å²) in [4.78, 5) is 25.7. The number of hydrogen-bond donors (Lipinski definition) is 0. The van der Waals surface area contributed by atoms with Gasteiger partial charge in [-0.2, -0.15) is 0 Å². The molecule has 2 aromatic rings. The fraction of sp³-hybridized carbons (Fsp3) is 0.476. The number of likely N-dealkylation sites (tertiary alicyclic amines) is 2. The van der Waals surface area contributed by atoms with Crippen molar-refractivity contribution < 1.29 is 4.79 Å². The number of piperidine rings is 2. The number of amides is 1. The van der Waals surface area contributed by atoms with Crippen molar-refractivity contribution >= 4 is 5.91 Å². The minimum absolute atomic E-state index is 0.324. The number of nitrogens with zero attached hydrogens (tertiary/aromatic N) is 4. The first kappa shape index (κ1) is 17.2. The summed E-state index contributed by atoms with van der Waals surface area (Å²) < 4.78 is 0. The SMILES string of the molecule is O=C1CC[C@H]2CN(Cc3ccncc3)CC[C@H]2N1CCc1ccccn1. The van der Waals surface area contributed by atoms with E-state index in [1.807, 2.05) is 36.8 Å². The van der Waals surface area contributed by atoms with Gasteiger partial charge in [0.25, 0.3) is 0 Å². The van der Waals surface area contributed by atoms with E-state index in [1.165, 1.54) is 5.56 Å². The number of carbonyl (C=O) groups is 1. The average Bonchev–Trinajstić information content (AvgIpc) is 2.69. The van der Waals surface area contributed by atoms with Gasteiger partial charge in [-0.1, -0.05) is 6.07 Å². The Kier molecular flexibility index (Phi) is 5.25. The first-order chi connectivity index (χ1) is 12.8. The van der Waals surface area contributed by atoms with Crippen LogP contribution in [-0.2, 0) is 17.8 Å². The van der Waals surface area contributed by atoms with Crippen LogP contribution in [0.4, 0.5) is 0 Å². The molecule has 2 aliphatic heterocycles. The molecule has 2 aromatic heterocycles. The van der Waals surface area contributed by atoms with Crippen LogP contribution in [0.1, 0.15) is 30.5 Å². The fourth-order valence-electron chi connectivity index (χ4n) is 4.39. The van der Waals surface area contributed by atoms with Crippen LogP contribution in [-0.4, -0.2) is 51.4 Å². The summed E-state index contributed by atoms with van der Waals surface area (Å²) in [7, 11) is 0. The summed E-state index contributed by atoms with van der Waals surface area (Å²) in [5, 5.41) is 0. The Bertz CT molecular complexity index is 721. The van der Waals surface area contributed by atoms with Crippen molar-refractivity contribution in [2.75, 3.05) is 19.6 Å². The van der Waals surface area contributed by atoms with Gasteiger partial charge in [0.15, 0.2) is 0 Å². The summed E-state index contributed by atoms with van der Waals surface area (Å²) in [6.07, 6.45) is 9.18. The molecule has 2 fully saturated rings. The molecule has 0 aromatic carbocycles. The maximum Gasteiger partial charge on any atom is 0.222 e. The first-order valence-corrected chi connectivity index (χ1v) is 9.60. The zero-order chi connectivity index (χ0) is 17.8. The van der Waals surface area contributed by atoms with Gasteiger partial charge in [-0.15, -0.1) is 0 Å². The van der Waals surface area contributed by atoms with E-state index in [9.17, 15) is 4.79 Å². The zero-order valence-corrected chi connectivity index (χ0v) is 15.1. The van der Waals surface area contributed by atoms with Crippen LogP contribution < -0.4 is 0 Å². The third-order valence-corrected chi connectivity index (χ3v) is 5.72. The maximum atomic E-state index is 12.5. The van der Waals surface area contributed by atoms with Crippen LogP contribution in [0.25, 0.3) is 0 Å². The van der Waals surface area contributed by atoms with Crippen molar-refractivity contribution in [1.82, 2.24) is 19.8 Å². The molecule has 0 saturated carbocycles. The van der Waals surface area contributed by atoms with Crippen molar-refractivity contribution in [2.24, 2.45) is 5.92 Å². The molecule has 2 saturated heterocycles. The summed E-state index contributed by atoms with van der Waals surface area (Å²) >= 11 is 0. The Morgan fingerprint density at radius 1 is 1.08 bits per heavy atom. The molecule has 0 radical (unpaired) electrons. The minimum Gasteiger partial charge on any atom is -0.339 e. The van der Waals surface area contributed by atoms with Gasteiger partial charge in [-0.3, -0.25) is 19.7 Å². The monoisotopic (exact) mass is 350 g/mol. The van der Waals surface area contributed by atoms with Crippen LogP contribution in [0.2, 0.25) is 0 Å². The molecule has 4 heterocycles. The van der Waals surface area contributed by atoms with Gasteiger partial charge in [0.1, 0.15) is 0 Å². The molecule has 2 atom stereocenters. The van der Waals surface area contributed by atoms with Gasteiger partial charge in [-0.05, 0) is 48.6 Å². The Labute approximate surface area is 155 Å². The van der Waals surface area contributed by atoms with Crippen LogP contribution in [0.3, 0.4) is 0 Å². The van der Waals surface area contributed by atoms with Gasteiger partial charge < -0.3 is 4.90 Å². The minimum atomic E-state index is 0.324. The first-order valence-electron chi connectivity index (χ1n) is 9.60. The molecule has 2 aliphatic rings. The Morgan fingerprint density at radius 3 is 2.77 bits per heavy atom. The molecule has 136 valence electrons. The van der Waals surface area contributed by atoms with Crippen molar-refractivity contribution in [3.05, 3.63) is 60.2 Å². The highest BCUT2D eigenvalue weighted by molar-refractivity contribution is 5.77. The lowest BCUT2D eigenvalue weighted by molar-refractivity contribution is -0.141. The molecule has 0 spiro atoms. The number of fused-ring (bicyclic) bond motifs is 1. The standard InChI is InChI=1S/C21H26N4O/c26-21-5-4-18-16-24(15-17-6-11-22-12-7-17)13-9-20(18)25(21)14-8-19-3-1-2-10-23-19/h1-3,6-7,10-12,18,20H,4-5,8-9,13-16H2/t18-,20+/m0/s1. The number of carbonyl (C=O) groups excluding carboxylic acids is 1. The lowest BCUT2D eigenvalue weighted by atomic mass is 9.83. The van der Waals surface area contributed by atoms with E-state index >= 15 is 0 Å². The molecule has 0 bridgehead atoms. The van der Waals surface area contributed by atoms with Crippen molar-refractivity contribution in [3.8, 4) is 0 Å². The lowest BCUT2D eigenvalue weighted by Crippen LogP contribution is -2.56. The third kappa shape index (κ3) is 3.93. The average molecular weight is 350 g/mol. The largest absolute Gasteiger partial charge is 0.339 e. The molecule has 26 heavy (non-hydrogen) atoms. The van der Waals surface area contributed by atoms with E-state index in [4.69, 9.17) is 0 Å². The zero-order valence-electron chi connectivity index (χ0n) is 15.1. The van der Waals surface area contributed by atoms with Crippen molar-refractivity contribution in [3.63, 3.8) is 0 Å². The van der Waals surface area contributed by atoms with E-state index in [1.54, 1.807) is 0 Å². The molecule has 5 nitrogen and oxygen atoms in total. The fourth-order valence-corrected chi connectivity index (χ4v) is 4.39. The molecule has 4 rings (SSSR count). The smallest absolute Gasteiger partial charge is 0.222 e. The van der Waals surface area contributed by atoms with Gasteiger partial charge in [0, 0.05) is 69.3 Å². The molecular formula is C21H26N4O. The molecule has 0 aliphatic carbocycles. The lowest BCUT2D eigenvalue weighted by Gasteiger charge is -2.47. The van der Waals surface area contributed by atoms with E-state index in [0.717, 1.165) is 51.1 Å². The Hall–Kier alpha value is -2.27.